The Balaban J connectivity index is 2.54. The predicted octanol–water partition coefficient (Wildman–Crippen LogP) is 0.0376. The fourth-order valence-electron chi connectivity index (χ4n) is 0.734. The summed E-state index contributed by atoms with van der Waals surface area (Å²) in [4.78, 5) is 11.3. The van der Waals surface area contributed by atoms with Gasteiger partial charge in [-0.1, -0.05) is 13.8 Å². The zero-order valence-corrected chi connectivity index (χ0v) is 7.57. The normalized spacial score (nSPS) is 10.4. The monoisotopic (exact) mass is 184 g/mol. The van der Waals surface area contributed by atoms with Crippen LogP contribution in [0.5, 0.6) is 0 Å². The summed E-state index contributed by atoms with van der Waals surface area (Å²) in [5, 5.41) is 9.31. The first kappa shape index (κ1) is 9.50. The minimum absolute atomic E-state index is 0.0151. The Morgan fingerprint density at radius 3 is 2.77 bits per heavy atom. The predicted molar refractivity (Wildman–Crippen MR) is 45.9 cm³/mol. The minimum atomic E-state index is -0.354. The van der Waals surface area contributed by atoms with Crippen molar-refractivity contribution in [2.45, 2.75) is 13.8 Å². The summed E-state index contributed by atoms with van der Waals surface area (Å²) in [6.07, 6.45) is 0. The van der Waals surface area contributed by atoms with Crippen molar-refractivity contribution in [2.75, 3.05) is 12.3 Å². The quantitative estimate of drug-likeness (QED) is 0.691. The first-order valence-electron chi connectivity index (χ1n) is 3.97. The number of rotatable bonds is 3. The molecule has 0 aliphatic carbocycles. The summed E-state index contributed by atoms with van der Waals surface area (Å²) in [6, 6.07) is 0. The van der Waals surface area contributed by atoms with Crippen molar-refractivity contribution < 1.29 is 9.42 Å². The molecule has 1 heterocycles. The van der Waals surface area contributed by atoms with Crippen molar-refractivity contribution in [3.8, 4) is 0 Å². The van der Waals surface area contributed by atoms with Gasteiger partial charge in [-0.3, -0.25) is 4.79 Å². The number of nitrogens with zero attached hydrogens (tertiary/aromatic N) is 2. The van der Waals surface area contributed by atoms with Crippen molar-refractivity contribution >= 4 is 11.7 Å². The van der Waals surface area contributed by atoms with Gasteiger partial charge in [-0.05, 0) is 16.2 Å². The maximum absolute atomic E-state index is 11.3. The Morgan fingerprint density at radius 1 is 1.62 bits per heavy atom. The molecular weight excluding hydrogens is 172 g/mol. The number of carbonyl (C=O) groups is 1. The Bertz CT molecular complexity index is 294. The van der Waals surface area contributed by atoms with Crippen LogP contribution >= 0.6 is 0 Å². The Kier molecular flexibility index (Phi) is 2.84. The van der Waals surface area contributed by atoms with Crippen LogP contribution in [0.4, 0.5) is 5.82 Å². The van der Waals surface area contributed by atoms with Gasteiger partial charge in [0, 0.05) is 6.54 Å². The lowest BCUT2D eigenvalue weighted by Crippen LogP contribution is -2.28. The van der Waals surface area contributed by atoms with Gasteiger partial charge in [0.1, 0.15) is 0 Å². The highest BCUT2D eigenvalue weighted by molar-refractivity contribution is 5.95. The molecule has 13 heavy (non-hydrogen) atoms. The average Bonchev–Trinajstić information content (AvgIpc) is 2.47. The molecule has 0 unspecified atom stereocenters. The molecule has 0 bridgehead atoms. The van der Waals surface area contributed by atoms with Crippen molar-refractivity contribution in [1.82, 2.24) is 15.6 Å². The van der Waals surface area contributed by atoms with Crippen LogP contribution in [0.3, 0.4) is 0 Å². The van der Waals surface area contributed by atoms with E-state index in [1.54, 1.807) is 0 Å². The fourth-order valence-corrected chi connectivity index (χ4v) is 0.734. The molecule has 3 N–H and O–H groups in total. The first-order chi connectivity index (χ1) is 6.11. The second-order valence-corrected chi connectivity index (χ2v) is 3.10. The summed E-state index contributed by atoms with van der Waals surface area (Å²) in [6.45, 7) is 4.56. The zero-order chi connectivity index (χ0) is 9.84. The molecule has 6 nitrogen and oxygen atoms in total. The first-order valence-corrected chi connectivity index (χ1v) is 3.97. The molecule has 1 aromatic heterocycles. The molecule has 0 atom stereocenters. The van der Waals surface area contributed by atoms with Crippen LogP contribution in [-0.4, -0.2) is 22.8 Å². The third kappa shape index (κ3) is 2.43. The summed E-state index contributed by atoms with van der Waals surface area (Å²) in [5.41, 5.74) is 5.36. The van der Waals surface area contributed by atoms with Gasteiger partial charge in [0.05, 0.1) is 0 Å². The number of aromatic nitrogens is 2. The van der Waals surface area contributed by atoms with Crippen LogP contribution in [-0.2, 0) is 0 Å². The van der Waals surface area contributed by atoms with E-state index in [1.807, 2.05) is 13.8 Å². The topological polar surface area (TPSA) is 94.0 Å². The summed E-state index contributed by atoms with van der Waals surface area (Å²) in [7, 11) is 0. The van der Waals surface area contributed by atoms with Gasteiger partial charge in [-0.15, -0.1) is 0 Å². The largest absolute Gasteiger partial charge is 0.379 e. The average molecular weight is 184 g/mol. The van der Waals surface area contributed by atoms with Crippen LogP contribution in [0.15, 0.2) is 4.63 Å². The van der Waals surface area contributed by atoms with Gasteiger partial charge in [0.2, 0.25) is 11.5 Å². The van der Waals surface area contributed by atoms with Gasteiger partial charge in [-0.2, -0.15) is 0 Å². The van der Waals surface area contributed by atoms with Crippen LogP contribution in [0.2, 0.25) is 0 Å². The standard InChI is InChI=1S/C7H12N4O2/c1-4(2)3-9-7(12)5-6(8)11-13-10-5/h4H,3H2,1-2H3,(H2,8,11)(H,9,12). The Morgan fingerprint density at radius 2 is 2.31 bits per heavy atom. The molecule has 0 radical (unpaired) electrons. The van der Waals surface area contributed by atoms with E-state index in [0.29, 0.717) is 12.5 Å². The van der Waals surface area contributed by atoms with E-state index >= 15 is 0 Å². The second-order valence-electron chi connectivity index (χ2n) is 3.10. The van der Waals surface area contributed by atoms with Crippen LogP contribution in [0, 0.1) is 5.92 Å². The minimum Gasteiger partial charge on any atom is -0.379 e. The van der Waals surface area contributed by atoms with Crippen molar-refractivity contribution in [1.29, 1.82) is 0 Å². The second kappa shape index (κ2) is 3.88. The third-order valence-corrected chi connectivity index (χ3v) is 1.40. The molecule has 6 heteroatoms. The lowest BCUT2D eigenvalue weighted by atomic mass is 10.2. The number of hydrogen-bond acceptors (Lipinski definition) is 5. The van der Waals surface area contributed by atoms with Gasteiger partial charge >= 0.3 is 0 Å². The summed E-state index contributed by atoms with van der Waals surface area (Å²) in [5.74, 6) is 0.0405. The maximum atomic E-state index is 11.3. The smallest absolute Gasteiger partial charge is 0.277 e. The van der Waals surface area contributed by atoms with Crippen LogP contribution < -0.4 is 11.1 Å². The molecular formula is C7H12N4O2. The highest BCUT2D eigenvalue weighted by Crippen LogP contribution is 2.03. The van der Waals surface area contributed by atoms with Gasteiger partial charge in [0.25, 0.3) is 5.91 Å². The number of nitrogens with two attached hydrogens (primary N) is 1. The van der Waals surface area contributed by atoms with E-state index in [0.717, 1.165) is 0 Å². The number of amides is 1. The van der Waals surface area contributed by atoms with E-state index < -0.39 is 0 Å². The lowest BCUT2D eigenvalue weighted by Gasteiger charge is -2.04. The van der Waals surface area contributed by atoms with Gasteiger partial charge in [0.15, 0.2) is 0 Å². The molecule has 1 amide bonds. The maximum Gasteiger partial charge on any atom is 0.277 e. The third-order valence-electron chi connectivity index (χ3n) is 1.40. The SMILES string of the molecule is CC(C)CNC(=O)c1nonc1N. The molecule has 0 aliphatic rings. The van der Waals surface area contributed by atoms with E-state index in [2.05, 4.69) is 20.3 Å². The zero-order valence-electron chi connectivity index (χ0n) is 7.57. The van der Waals surface area contributed by atoms with Crippen LogP contribution in [0.1, 0.15) is 24.3 Å². The number of hydrogen-bond donors (Lipinski definition) is 2. The van der Waals surface area contributed by atoms with Crippen molar-refractivity contribution in [2.24, 2.45) is 5.92 Å². The van der Waals surface area contributed by atoms with Crippen molar-refractivity contribution in [3.63, 3.8) is 0 Å². The number of nitrogen functional groups attached to an aromatic ring is 1. The van der Waals surface area contributed by atoms with E-state index in [9.17, 15) is 4.79 Å². The van der Waals surface area contributed by atoms with Gasteiger partial charge < -0.3 is 11.1 Å². The summed E-state index contributed by atoms with van der Waals surface area (Å²) < 4.78 is 4.29. The highest BCUT2D eigenvalue weighted by atomic mass is 16.6. The van der Waals surface area contributed by atoms with Gasteiger partial charge in [-0.25, -0.2) is 4.63 Å². The molecule has 1 rings (SSSR count). The fraction of sp³-hybridized carbons (Fsp3) is 0.571. The molecule has 0 fully saturated rings. The molecule has 0 saturated heterocycles. The number of anilines is 1. The summed E-state index contributed by atoms with van der Waals surface area (Å²) >= 11 is 0. The van der Waals surface area contributed by atoms with Crippen LogP contribution in [0.25, 0.3) is 0 Å². The molecule has 0 aromatic carbocycles. The molecule has 0 aliphatic heterocycles. The molecule has 0 spiro atoms. The molecule has 72 valence electrons. The molecule has 1 aromatic rings. The Hall–Kier alpha value is -1.59. The van der Waals surface area contributed by atoms with E-state index in [1.165, 1.54) is 0 Å². The van der Waals surface area contributed by atoms with E-state index in [4.69, 9.17) is 5.73 Å². The highest BCUT2D eigenvalue weighted by Gasteiger charge is 2.15. The van der Waals surface area contributed by atoms with E-state index in [-0.39, 0.29) is 17.4 Å². The number of nitrogens with one attached hydrogen (secondary N) is 1. The molecule has 0 saturated carbocycles. The number of carbonyl (C=O) groups excluding carboxylic acids is 1. The van der Waals surface area contributed by atoms with Crippen molar-refractivity contribution in [3.05, 3.63) is 5.69 Å². The Labute approximate surface area is 75.4 Å². The lowest BCUT2D eigenvalue weighted by molar-refractivity contribution is 0.0939.